The van der Waals surface area contributed by atoms with Crippen LogP contribution in [0.25, 0.3) is 0 Å². The second-order valence-corrected chi connectivity index (χ2v) is 5.47. The van der Waals surface area contributed by atoms with Crippen molar-refractivity contribution in [3.05, 3.63) is 35.9 Å². The molecule has 4 heteroatoms. The molecule has 19 heavy (non-hydrogen) atoms. The molecule has 0 saturated carbocycles. The minimum absolute atomic E-state index is 0. The molecular weight excluding hydrogens is 260 g/mol. The van der Waals surface area contributed by atoms with Crippen molar-refractivity contribution in [1.82, 2.24) is 4.90 Å². The van der Waals surface area contributed by atoms with Crippen LogP contribution in [0, 0.1) is 11.8 Å². The van der Waals surface area contributed by atoms with Gasteiger partial charge in [0.2, 0.25) is 5.91 Å². The van der Waals surface area contributed by atoms with E-state index < -0.39 is 0 Å². The Bertz CT molecular complexity index is 400. The van der Waals surface area contributed by atoms with Crippen LogP contribution in [0.3, 0.4) is 0 Å². The number of benzene rings is 1. The monoisotopic (exact) mass is 282 g/mol. The highest BCUT2D eigenvalue weighted by Crippen LogP contribution is 2.24. The molecule has 2 rings (SSSR count). The van der Waals surface area contributed by atoms with E-state index in [1.54, 1.807) is 0 Å². The van der Waals surface area contributed by atoms with Crippen LogP contribution in [0.5, 0.6) is 0 Å². The molecule has 1 aliphatic heterocycles. The number of rotatable bonds is 3. The number of amides is 1. The van der Waals surface area contributed by atoms with Crippen molar-refractivity contribution < 1.29 is 4.79 Å². The lowest BCUT2D eigenvalue weighted by Crippen LogP contribution is -2.31. The SMILES string of the molecule is CC1CN(C(=O)CC(N)c2ccccc2)CC1C.Cl. The van der Waals surface area contributed by atoms with E-state index >= 15 is 0 Å². The predicted molar refractivity (Wildman–Crippen MR) is 80.1 cm³/mol. The fraction of sp³-hybridized carbons (Fsp3) is 0.533. The second kappa shape index (κ2) is 6.92. The van der Waals surface area contributed by atoms with Gasteiger partial charge in [-0.1, -0.05) is 44.2 Å². The summed E-state index contributed by atoms with van der Waals surface area (Å²) in [7, 11) is 0. The number of hydrogen-bond donors (Lipinski definition) is 1. The molecule has 3 unspecified atom stereocenters. The van der Waals surface area contributed by atoms with Gasteiger partial charge in [-0.15, -0.1) is 12.4 Å². The average Bonchev–Trinajstić information content (AvgIpc) is 2.71. The van der Waals surface area contributed by atoms with Crippen LogP contribution in [-0.2, 0) is 4.79 Å². The van der Waals surface area contributed by atoms with Crippen molar-refractivity contribution in [3.63, 3.8) is 0 Å². The standard InChI is InChI=1S/C15H22N2O.ClH/c1-11-9-17(10-12(11)2)15(18)8-14(16)13-6-4-3-5-7-13;/h3-7,11-12,14H,8-10,16H2,1-2H3;1H. The van der Waals surface area contributed by atoms with Gasteiger partial charge in [0, 0.05) is 25.6 Å². The Morgan fingerprint density at radius 3 is 2.32 bits per heavy atom. The molecule has 1 aromatic carbocycles. The van der Waals surface area contributed by atoms with Crippen LogP contribution in [0.4, 0.5) is 0 Å². The van der Waals surface area contributed by atoms with Crippen molar-refractivity contribution in [2.75, 3.05) is 13.1 Å². The zero-order valence-electron chi connectivity index (χ0n) is 11.6. The summed E-state index contributed by atoms with van der Waals surface area (Å²) in [4.78, 5) is 14.1. The first-order valence-electron chi connectivity index (χ1n) is 6.66. The van der Waals surface area contributed by atoms with Crippen LogP contribution in [0.1, 0.15) is 31.9 Å². The van der Waals surface area contributed by atoms with Gasteiger partial charge >= 0.3 is 0 Å². The van der Waals surface area contributed by atoms with Gasteiger partial charge in [0.15, 0.2) is 0 Å². The van der Waals surface area contributed by atoms with Crippen LogP contribution in [0.2, 0.25) is 0 Å². The summed E-state index contributed by atoms with van der Waals surface area (Å²) in [6.45, 7) is 6.16. The summed E-state index contributed by atoms with van der Waals surface area (Å²) in [6.07, 6.45) is 0.406. The van der Waals surface area contributed by atoms with Crippen molar-refractivity contribution in [2.24, 2.45) is 17.6 Å². The summed E-state index contributed by atoms with van der Waals surface area (Å²) in [5, 5.41) is 0. The topological polar surface area (TPSA) is 46.3 Å². The molecule has 1 aliphatic rings. The Morgan fingerprint density at radius 1 is 1.26 bits per heavy atom. The number of carbonyl (C=O) groups excluding carboxylic acids is 1. The smallest absolute Gasteiger partial charge is 0.224 e. The Labute approximate surface area is 121 Å². The lowest BCUT2D eigenvalue weighted by molar-refractivity contribution is -0.130. The Hall–Kier alpha value is -1.06. The summed E-state index contributed by atoms with van der Waals surface area (Å²) in [6, 6.07) is 9.64. The highest BCUT2D eigenvalue weighted by atomic mass is 35.5. The second-order valence-electron chi connectivity index (χ2n) is 5.47. The first-order valence-corrected chi connectivity index (χ1v) is 6.66. The average molecular weight is 283 g/mol. The Kier molecular flexibility index (Phi) is 5.83. The fourth-order valence-electron chi connectivity index (χ4n) is 2.47. The van der Waals surface area contributed by atoms with Crippen molar-refractivity contribution in [3.8, 4) is 0 Å². The van der Waals surface area contributed by atoms with Gasteiger partial charge in [0.05, 0.1) is 0 Å². The molecule has 106 valence electrons. The molecule has 2 N–H and O–H groups in total. The highest BCUT2D eigenvalue weighted by molar-refractivity contribution is 5.85. The zero-order chi connectivity index (χ0) is 13.1. The molecule has 0 aliphatic carbocycles. The van der Waals surface area contributed by atoms with Crippen molar-refractivity contribution >= 4 is 18.3 Å². The minimum Gasteiger partial charge on any atom is -0.342 e. The number of hydrogen-bond acceptors (Lipinski definition) is 2. The number of nitrogens with zero attached hydrogens (tertiary/aromatic N) is 1. The summed E-state index contributed by atoms with van der Waals surface area (Å²) in [5.41, 5.74) is 7.12. The van der Waals surface area contributed by atoms with Gasteiger partial charge in [-0.2, -0.15) is 0 Å². The first kappa shape index (κ1) is 16.0. The number of likely N-dealkylation sites (tertiary alicyclic amines) is 1. The first-order chi connectivity index (χ1) is 8.58. The van der Waals surface area contributed by atoms with E-state index in [2.05, 4.69) is 13.8 Å². The van der Waals surface area contributed by atoms with E-state index in [0.717, 1.165) is 18.7 Å². The third-order valence-electron chi connectivity index (χ3n) is 3.96. The lowest BCUT2D eigenvalue weighted by Gasteiger charge is -2.19. The van der Waals surface area contributed by atoms with Crippen molar-refractivity contribution in [2.45, 2.75) is 26.3 Å². The summed E-state index contributed by atoms with van der Waals surface area (Å²) in [5.74, 6) is 1.38. The van der Waals surface area contributed by atoms with Crippen LogP contribution >= 0.6 is 12.4 Å². The van der Waals surface area contributed by atoms with Gasteiger partial charge < -0.3 is 10.6 Å². The van der Waals surface area contributed by atoms with Crippen LogP contribution < -0.4 is 5.73 Å². The third kappa shape index (κ3) is 3.95. The minimum atomic E-state index is -0.190. The maximum absolute atomic E-state index is 12.2. The Morgan fingerprint density at radius 2 is 1.79 bits per heavy atom. The molecule has 1 amide bonds. The van der Waals surface area contributed by atoms with Crippen molar-refractivity contribution in [1.29, 1.82) is 0 Å². The number of halogens is 1. The van der Waals surface area contributed by atoms with E-state index in [-0.39, 0.29) is 24.4 Å². The third-order valence-corrected chi connectivity index (χ3v) is 3.96. The van der Waals surface area contributed by atoms with Crippen LogP contribution in [-0.4, -0.2) is 23.9 Å². The molecular formula is C15H23ClN2O. The molecule has 3 atom stereocenters. The van der Waals surface area contributed by atoms with Gasteiger partial charge in [0.25, 0.3) is 0 Å². The predicted octanol–water partition coefficient (Wildman–Crippen LogP) is 2.61. The number of carbonyl (C=O) groups is 1. The molecule has 0 aromatic heterocycles. The summed E-state index contributed by atoms with van der Waals surface area (Å²) < 4.78 is 0. The number of nitrogens with two attached hydrogens (primary N) is 1. The normalized spacial score (nSPS) is 23.8. The van der Waals surface area contributed by atoms with E-state index in [1.807, 2.05) is 35.2 Å². The maximum Gasteiger partial charge on any atom is 0.224 e. The van der Waals surface area contributed by atoms with Crippen LogP contribution in [0.15, 0.2) is 30.3 Å². The largest absolute Gasteiger partial charge is 0.342 e. The van der Waals surface area contributed by atoms with E-state index in [4.69, 9.17) is 5.73 Å². The van der Waals surface area contributed by atoms with E-state index in [1.165, 1.54) is 0 Å². The zero-order valence-corrected chi connectivity index (χ0v) is 12.4. The molecule has 1 fully saturated rings. The highest BCUT2D eigenvalue weighted by Gasteiger charge is 2.29. The molecule has 0 bridgehead atoms. The maximum atomic E-state index is 12.2. The molecule has 1 heterocycles. The molecule has 0 spiro atoms. The molecule has 1 aromatic rings. The van der Waals surface area contributed by atoms with Gasteiger partial charge in [0.1, 0.15) is 0 Å². The summed E-state index contributed by atoms with van der Waals surface area (Å²) >= 11 is 0. The quantitative estimate of drug-likeness (QED) is 0.926. The van der Waals surface area contributed by atoms with Gasteiger partial charge in [-0.3, -0.25) is 4.79 Å². The van der Waals surface area contributed by atoms with E-state index in [9.17, 15) is 4.79 Å². The van der Waals surface area contributed by atoms with Gasteiger partial charge in [-0.25, -0.2) is 0 Å². The lowest BCUT2D eigenvalue weighted by atomic mass is 10.0. The molecule has 0 radical (unpaired) electrons. The fourth-order valence-corrected chi connectivity index (χ4v) is 2.47. The Balaban J connectivity index is 0.00000180. The molecule has 3 nitrogen and oxygen atoms in total. The van der Waals surface area contributed by atoms with E-state index in [0.29, 0.717) is 18.3 Å². The van der Waals surface area contributed by atoms with Gasteiger partial charge in [-0.05, 0) is 17.4 Å². The molecule has 1 saturated heterocycles.